The highest BCUT2D eigenvalue weighted by Crippen LogP contribution is 2.25. The first-order valence-corrected chi connectivity index (χ1v) is 4.07. The Bertz CT molecular complexity index is 377. The molecule has 0 fully saturated rings. The van der Waals surface area contributed by atoms with E-state index in [2.05, 4.69) is 14.8 Å². The summed E-state index contributed by atoms with van der Waals surface area (Å²) in [4.78, 5) is 22.0. The number of hydrogen-bond donors (Lipinski definition) is 0. The second-order valence-corrected chi connectivity index (χ2v) is 2.78. The molecule has 0 aromatic carbocycles. The van der Waals surface area contributed by atoms with Gasteiger partial charge < -0.3 is 0 Å². The molecular formula is C8H8F3N3O2. The summed E-state index contributed by atoms with van der Waals surface area (Å²) < 4.78 is 36.3. The van der Waals surface area contributed by atoms with Gasteiger partial charge in [0.05, 0.1) is 12.7 Å². The molecular weight excluding hydrogens is 227 g/mol. The van der Waals surface area contributed by atoms with Gasteiger partial charge >= 0.3 is 6.18 Å². The summed E-state index contributed by atoms with van der Waals surface area (Å²) in [6, 6.07) is 0. The predicted molar refractivity (Wildman–Crippen MR) is 46.1 cm³/mol. The molecule has 0 saturated carbocycles. The summed E-state index contributed by atoms with van der Waals surface area (Å²) in [5.41, 5.74) is -0.0858. The zero-order valence-corrected chi connectivity index (χ0v) is 8.45. The Labute approximate surface area is 88.8 Å². The number of carbonyl (C=O) groups excluding carboxylic acids is 1. The zero-order chi connectivity index (χ0) is 12.3. The van der Waals surface area contributed by atoms with Crippen molar-refractivity contribution in [1.82, 2.24) is 15.0 Å². The molecule has 16 heavy (non-hydrogen) atoms. The first-order valence-electron chi connectivity index (χ1n) is 4.07. The number of alkyl halides is 3. The average Bonchev–Trinajstić information content (AvgIpc) is 2.26. The third-order valence-electron chi connectivity index (χ3n) is 1.71. The lowest BCUT2D eigenvalue weighted by Crippen LogP contribution is -2.26. The highest BCUT2D eigenvalue weighted by Gasteiger charge is 2.34. The minimum Gasteiger partial charge on any atom is -0.274 e. The van der Waals surface area contributed by atoms with E-state index < -0.39 is 17.9 Å². The Morgan fingerprint density at radius 1 is 1.38 bits per heavy atom. The van der Waals surface area contributed by atoms with Crippen molar-refractivity contribution in [3.8, 4) is 0 Å². The molecule has 5 nitrogen and oxygen atoms in total. The van der Waals surface area contributed by atoms with Gasteiger partial charge in [0.1, 0.15) is 0 Å². The van der Waals surface area contributed by atoms with E-state index in [1.807, 2.05) is 0 Å². The number of hydrogen-bond acceptors (Lipinski definition) is 4. The smallest absolute Gasteiger partial charge is 0.274 e. The van der Waals surface area contributed by atoms with Crippen molar-refractivity contribution in [2.24, 2.45) is 0 Å². The van der Waals surface area contributed by atoms with Crippen LogP contribution in [0.1, 0.15) is 16.2 Å². The molecule has 0 N–H and O–H groups in total. The standard InChI is InChI=1S/C8H8F3N3O2/c1-14(16-2)6(15)5-3-12-7(13-4-5)8(9,10)11/h3-4H,1-2H3. The van der Waals surface area contributed by atoms with Crippen LogP contribution >= 0.6 is 0 Å². The zero-order valence-electron chi connectivity index (χ0n) is 8.45. The van der Waals surface area contributed by atoms with Gasteiger partial charge in [0.15, 0.2) is 0 Å². The van der Waals surface area contributed by atoms with Crippen LogP contribution in [0.25, 0.3) is 0 Å². The first kappa shape index (κ1) is 12.4. The molecule has 1 heterocycles. The van der Waals surface area contributed by atoms with Crippen molar-refractivity contribution in [1.29, 1.82) is 0 Å². The number of amides is 1. The molecule has 0 saturated heterocycles. The van der Waals surface area contributed by atoms with Gasteiger partial charge in [-0.1, -0.05) is 0 Å². The van der Waals surface area contributed by atoms with Gasteiger partial charge in [0, 0.05) is 19.4 Å². The van der Waals surface area contributed by atoms with Crippen molar-refractivity contribution in [2.45, 2.75) is 6.18 Å². The Morgan fingerprint density at radius 3 is 2.25 bits per heavy atom. The molecule has 1 rings (SSSR count). The number of halogens is 3. The van der Waals surface area contributed by atoms with E-state index in [0.29, 0.717) is 0 Å². The van der Waals surface area contributed by atoms with Crippen molar-refractivity contribution in [2.75, 3.05) is 14.2 Å². The molecule has 0 aliphatic carbocycles. The Kier molecular flexibility index (Phi) is 3.43. The fourth-order valence-electron chi connectivity index (χ4n) is 0.850. The van der Waals surface area contributed by atoms with Crippen molar-refractivity contribution >= 4 is 5.91 Å². The van der Waals surface area contributed by atoms with E-state index in [0.717, 1.165) is 17.5 Å². The van der Waals surface area contributed by atoms with Gasteiger partial charge in [-0.05, 0) is 0 Å². The maximum atomic E-state index is 12.1. The molecule has 1 aromatic rings. The molecule has 1 aromatic heterocycles. The Morgan fingerprint density at radius 2 is 1.88 bits per heavy atom. The van der Waals surface area contributed by atoms with E-state index in [1.165, 1.54) is 14.2 Å². The minimum atomic E-state index is -4.62. The lowest BCUT2D eigenvalue weighted by atomic mass is 10.3. The maximum Gasteiger partial charge on any atom is 0.451 e. The molecule has 88 valence electrons. The fraction of sp³-hybridized carbons (Fsp3) is 0.375. The predicted octanol–water partition coefficient (Wildman–Crippen LogP) is 1.13. The average molecular weight is 235 g/mol. The lowest BCUT2D eigenvalue weighted by Gasteiger charge is -2.13. The van der Waals surface area contributed by atoms with Crippen LogP contribution in [0, 0.1) is 0 Å². The first-order chi connectivity index (χ1) is 7.36. The topological polar surface area (TPSA) is 55.3 Å². The SMILES string of the molecule is CON(C)C(=O)c1cnc(C(F)(F)F)nc1. The highest BCUT2D eigenvalue weighted by molar-refractivity contribution is 5.92. The molecule has 0 atom stereocenters. The number of hydroxylamine groups is 2. The second kappa shape index (κ2) is 4.44. The van der Waals surface area contributed by atoms with Gasteiger partial charge in [-0.2, -0.15) is 13.2 Å². The molecule has 0 bridgehead atoms. The van der Waals surface area contributed by atoms with Crippen LogP contribution in [0.5, 0.6) is 0 Å². The van der Waals surface area contributed by atoms with E-state index in [1.54, 1.807) is 0 Å². The quantitative estimate of drug-likeness (QED) is 0.721. The normalized spacial score (nSPS) is 11.3. The Hall–Kier alpha value is -1.70. The van der Waals surface area contributed by atoms with Crippen molar-refractivity contribution in [3.63, 3.8) is 0 Å². The number of carbonyl (C=O) groups is 1. The maximum absolute atomic E-state index is 12.1. The van der Waals surface area contributed by atoms with Gasteiger partial charge in [-0.3, -0.25) is 9.63 Å². The molecule has 0 spiro atoms. The van der Waals surface area contributed by atoms with E-state index >= 15 is 0 Å². The van der Waals surface area contributed by atoms with E-state index in [4.69, 9.17) is 0 Å². The summed E-state index contributed by atoms with van der Waals surface area (Å²) in [6.07, 6.45) is -3.02. The van der Waals surface area contributed by atoms with Crippen molar-refractivity contribution < 1.29 is 22.8 Å². The third-order valence-corrected chi connectivity index (χ3v) is 1.71. The van der Waals surface area contributed by atoms with Crippen LogP contribution in [0.2, 0.25) is 0 Å². The number of rotatable bonds is 2. The largest absolute Gasteiger partial charge is 0.451 e. The van der Waals surface area contributed by atoms with E-state index in [9.17, 15) is 18.0 Å². The summed E-state index contributed by atoms with van der Waals surface area (Å²) in [6.45, 7) is 0. The van der Waals surface area contributed by atoms with E-state index in [-0.39, 0.29) is 5.56 Å². The molecule has 0 aliphatic heterocycles. The second-order valence-electron chi connectivity index (χ2n) is 2.78. The van der Waals surface area contributed by atoms with Crippen LogP contribution in [0.3, 0.4) is 0 Å². The van der Waals surface area contributed by atoms with Crippen LogP contribution < -0.4 is 0 Å². The minimum absolute atomic E-state index is 0.0858. The Balaban J connectivity index is 2.91. The lowest BCUT2D eigenvalue weighted by molar-refractivity contribution is -0.145. The molecule has 8 heteroatoms. The van der Waals surface area contributed by atoms with Crippen LogP contribution in [-0.2, 0) is 11.0 Å². The summed E-state index contributed by atoms with van der Waals surface area (Å²) in [5.74, 6) is -1.92. The molecule has 0 aliphatic rings. The summed E-state index contributed by atoms with van der Waals surface area (Å²) >= 11 is 0. The van der Waals surface area contributed by atoms with Gasteiger partial charge in [-0.25, -0.2) is 15.0 Å². The van der Waals surface area contributed by atoms with Crippen LogP contribution in [0.4, 0.5) is 13.2 Å². The van der Waals surface area contributed by atoms with Gasteiger partial charge in [0.25, 0.3) is 5.91 Å². The number of aromatic nitrogens is 2. The molecule has 0 unspecified atom stereocenters. The number of nitrogens with zero attached hydrogens (tertiary/aromatic N) is 3. The van der Waals surface area contributed by atoms with Gasteiger partial charge in [0.2, 0.25) is 5.82 Å². The highest BCUT2D eigenvalue weighted by atomic mass is 19.4. The van der Waals surface area contributed by atoms with Crippen LogP contribution in [-0.4, -0.2) is 35.1 Å². The van der Waals surface area contributed by atoms with Crippen molar-refractivity contribution in [3.05, 3.63) is 23.8 Å². The molecule has 1 amide bonds. The third kappa shape index (κ3) is 2.66. The summed E-state index contributed by atoms with van der Waals surface area (Å²) in [5, 5.41) is 0.853. The molecule has 0 radical (unpaired) electrons. The summed E-state index contributed by atoms with van der Waals surface area (Å²) in [7, 11) is 2.57. The van der Waals surface area contributed by atoms with Crippen LogP contribution in [0.15, 0.2) is 12.4 Å². The monoisotopic (exact) mass is 235 g/mol. The fourth-order valence-corrected chi connectivity index (χ4v) is 0.850. The van der Waals surface area contributed by atoms with Gasteiger partial charge in [-0.15, -0.1) is 0 Å².